The van der Waals surface area contributed by atoms with Gasteiger partial charge in [-0.15, -0.1) is 11.3 Å². The molecule has 1 aromatic heterocycles. The number of carbonyl (C=O) groups is 1. The van der Waals surface area contributed by atoms with Gasteiger partial charge in [-0.25, -0.2) is 9.78 Å². The van der Waals surface area contributed by atoms with E-state index in [1.807, 2.05) is 6.08 Å². The molecule has 0 atom stereocenters. The van der Waals surface area contributed by atoms with Crippen LogP contribution in [0.5, 0.6) is 0 Å². The molecular formula is C15H19NO2S. The lowest BCUT2D eigenvalue weighted by Gasteiger charge is -2.05. The highest BCUT2D eigenvalue weighted by Crippen LogP contribution is 2.40. The van der Waals surface area contributed by atoms with E-state index in [0.29, 0.717) is 12.5 Å². The number of rotatable bonds is 4. The molecule has 1 fully saturated rings. The molecule has 0 aliphatic heterocycles. The number of esters is 1. The molecule has 1 heterocycles. The van der Waals surface area contributed by atoms with Crippen LogP contribution in [-0.2, 0) is 16.1 Å². The standard InChI is InChI=1S/C15H19NO2S/c17-15(12-5-3-1-2-4-6-12)18-9-14-16-13(10-19-14)11-7-8-11/h5,10-11H,1-4,6-9H2. The van der Waals surface area contributed by atoms with Gasteiger partial charge >= 0.3 is 5.97 Å². The first-order valence-corrected chi connectivity index (χ1v) is 8.01. The number of ether oxygens (including phenoxy) is 1. The average Bonchev–Trinajstić information content (AvgIpc) is 3.21. The zero-order chi connectivity index (χ0) is 13.1. The van der Waals surface area contributed by atoms with Gasteiger partial charge in [-0.2, -0.15) is 0 Å². The van der Waals surface area contributed by atoms with Crippen LogP contribution in [-0.4, -0.2) is 11.0 Å². The fraction of sp³-hybridized carbons (Fsp3) is 0.600. The minimum Gasteiger partial charge on any atom is -0.455 e. The minimum absolute atomic E-state index is 0.148. The summed E-state index contributed by atoms with van der Waals surface area (Å²) in [6, 6.07) is 0. The number of allylic oxidation sites excluding steroid dienone is 1. The summed E-state index contributed by atoms with van der Waals surface area (Å²) >= 11 is 1.60. The lowest BCUT2D eigenvalue weighted by Crippen LogP contribution is -2.07. The van der Waals surface area contributed by atoms with Gasteiger partial charge in [0.25, 0.3) is 0 Å². The van der Waals surface area contributed by atoms with Crippen LogP contribution < -0.4 is 0 Å². The molecule has 3 rings (SSSR count). The van der Waals surface area contributed by atoms with Gasteiger partial charge < -0.3 is 4.74 Å². The zero-order valence-corrected chi connectivity index (χ0v) is 11.9. The van der Waals surface area contributed by atoms with Crippen molar-refractivity contribution in [2.24, 2.45) is 0 Å². The molecule has 0 aromatic carbocycles. The van der Waals surface area contributed by atoms with Crippen LogP contribution in [0.1, 0.15) is 61.6 Å². The number of hydrogen-bond acceptors (Lipinski definition) is 4. The van der Waals surface area contributed by atoms with Gasteiger partial charge in [0.2, 0.25) is 0 Å². The molecule has 0 N–H and O–H groups in total. The summed E-state index contributed by atoms with van der Waals surface area (Å²) in [7, 11) is 0. The molecule has 3 nitrogen and oxygen atoms in total. The van der Waals surface area contributed by atoms with E-state index in [-0.39, 0.29) is 5.97 Å². The molecule has 19 heavy (non-hydrogen) atoms. The SMILES string of the molecule is O=C(OCc1nc(C2CC2)cs1)C1=CCCCCC1. The summed E-state index contributed by atoms with van der Waals surface area (Å²) in [5.74, 6) is 0.523. The topological polar surface area (TPSA) is 39.2 Å². The number of aromatic nitrogens is 1. The van der Waals surface area contributed by atoms with E-state index in [9.17, 15) is 4.79 Å². The number of nitrogens with zero attached hydrogens (tertiary/aromatic N) is 1. The first kappa shape index (κ1) is 12.9. The maximum atomic E-state index is 12.0. The van der Waals surface area contributed by atoms with Crippen molar-refractivity contribution in [3.8, 4) is 0 Å². The van der Waals surface area contributed by atoms with Gasteiger partial charge in [0.1, 0.15) is 11.6 Å². The molecule has 1 aromatic rings. The van der Waals surface area contributed by atoms with Crippen LogP contribution in [0.2, 0.25) is 0 Å². The molecule has 0 spiro atoms. The van der Waals surface area contributed by atoms with Crippen LogP contribution in [0.25, 0.3) is 0 Å². The summed E-state index contributed by atoms with van der Waals surface area (Å²) in [5, 5.41) is 3.02. The molecule has 2 aliphatic carbocycles. The van der Waals surface area contributed by atoms with E-state index in [0.717, 1.165) is 29.8 Å². The third-order valence-electron chi connectivity index (χ3n) is 3.70. The van der Waals surface area contributed by atoms with Gasteiger partial charge in [0.15, 0.2) is 0 Å². The Labute approximate surface area is 117 Å². The quantitative estimate of drug-likeness (QED) is 0.782. The lowest BCUT2D eigenvalue weighted by atomic mass is 10.1. The predicted octanol–water partition coefficient (Wildman–Crippen LogP) is 3.95. The highest BCUT2D eigenvalue weighted by atomic mass is 32.1. The van der Waals surface area contributed by atoms with E-state index < -0.39 is 0 Å². The third-order valence-corrected chi connectivity index (χ3v) is 4.54. The van der Waals surface area contributed by atoms with Crippen molar-refractivity contribution in [2.75, 3.05) is 0 Å². The molecular weight excluding hydrogens is 258 g/mol. The van der Waals surface area contributed by atoms with Crippen LogP contribution in [0, 0.1) is 0 Å². The summed E-state index contributed by atoms with van der Waals surface area (Å²) < 4.78 is 5.38. The van der Waals surface area contributed by atoms with Gasteiger partial charge in [0, 0.05) is 16.9 Å². The Kier molecular flexibility index (Phi) is 3.97. The second-order valence-corrected chi connectivity index (χ2v) is 6.29. The second-order valence-electron chi connectivity index (χ2n) is 5.35. The molecule has 1 saturated carbocycles. The largest absolute Gasteiger partial charge is 0.455 e. The van der Waals surface area contributed by atoms with E-state index in [1.54, 1.807) is 11.3 Å². The Morgan fingerprint density at radius 2 is 2.26 bits per heavy atom. The Morgan fingerprint density at radius 1 is 1.37 bits per heavy atom. The van der Waals surface area contributed by atoms with Crippen LogP contribution in [0.15, 0.2) is 17.0 Å². The smallest absolute Gasteiger partial charge is 0.334 e. The highest BCUT2D eigenvalue weighted by Gasteiger charge is 2.26. The van der Waals surface area contributed by atoms with Crippen molar-refractivity contribution >= 4 is 17.3 Å². The molecule has 0 unspecified atom stereocenters. The van der Waals surface area contributed by atoms with E-state index >= 15 is 0 Å². The minimum atomic E-state index is -0.148. The number of carbonyl (C=O) groups excluding carboxylic acids is 1. The van der Waals surface area contributed by atoms with E-state index in [2.05, 4.69) is 10.4 Å². The van der Waals surface area contributed by atoms with E-state index in [1.165, 1.54) is 31.4 Å². The summed E-state index contributed by atoms with van der Waals surface area (Å²) in [4.78, 5) is 16.5. The third kappa shape index (κ3) is 3.44. The van der Waals surface area contributed by atoms with Crippen molar-refractivity contribution < 1.29 is 9.53 Å². The van der Waals surface area contributed by atoms with Crippen molar-refractivity contribution in [2.45, 2.75) is 57.5 Å². The van der Waals surface area contributed by atoms with Crippen molar-refractivity contribution in [3.63, 3.8) is 0 Å². The highest BCUT2D eigenvalue weighted by molar-refractivity contribution is 7.09. The number of hydrogen-bond donors (Lipinski definition) is 0. The Balaban J connectivity index is 1.52. The molecule has 4 heteroatoms. The maximum absolute atomic E-state index is 12.0. The molecule has 0 saturated heterocycles. The van der Waals surface area contributed by atoms with Gasteiger partial charge in [-0.1, -0.05) is 12.5 Å². The van der Waals surface area contributed by atoms with Crippen LogP contribution in [0.3, 0.4) is 0 Å². The summed E-state index contributed by atoms with van der Waals surface area (Å²) in [5.41, 5.74) is 2.04. The van der Waals surface area contributed by atoms with Crippen LogP contribution in [0.4, 0.5) is 0 Å². The monoisotopic (exact) mass is 277 g/mol. The molecule has 102 valence electrons. The Hall–Kier alpha value is -1.16. The summed E-state index contributed by atoms with van der Waals surface area (Å²) in [6.07, 6.45) is 9.94. The summed E-state index contributed by atoms with van der Waals surface area (Å²) in [6.45, 7) is 0.327. The predicted molar refractivity (Wildman–Crippen MR) is 75.1 cm³/mol. The Bertz CT molecular complexity index is 488. The van der Waals surface area contributed by atoms with Crippen molar-refractivity contribution in [1.29, 1.82) is 0 Å². The Morgan fingerprint density at radius 3 is 3.11 bits per heavy atom. The van der Waals surface area contributed by atoms with Gasteiger partial charge in [-0.3, -0.25) is 0 Å². The van der Waals surface area contributed by atoms with Crippen molar-refractivity contribution in [1.82, 2.24) is 4.98 Å². The molecule has 0 radical (unpaired) electrons. The molecule has 0 bridgehead atoms. The first-order valence-electron chi connectivity index (χ1n) is 7.13. The normalized spacial score (nSPS) is 19.7. The average molecular weight is 277 g/mol. The fourth-order valence-electron chi connectivity index (χ4n) is 2.38. The second kappa shape index (κ2) is 5.87. The van der Waals surface area contributed by atoms with E-state index in [4.69, 9.17) is 4.74 Å². The van der Waals surface area contributed by atoms with Gasteiger partial charge in [-0.05, 0) is 38.5 Å². The molecule has 0 amide bonds. The first-order chi connectivity index (χ1) is 9.33. The van der Waals surface area contributed by atoms with Crippen molar-refractivity contribution in [3.05, 3.63) is 27.7 Å². The van der Waals surface area contributed by atoms with Gasteiger partial charge in [0.05, 0.1) is 5.69 Å². The fourth-order valence-corrected chi connectivity index (χ4v) is 3.17. The molecule has 2 aliphatic rings. The lowest BCUT2D eigenvalue weighted by molar-refractivity contribution is -0.140. The number of thiazole rings is 1. The maximum Gasteiger partial charge on any atom is 0.334 e. The zero-order valence-electron chi connectivity index (χ0n) is 11.1. The van der Waals surface area contributed by atoms with Crippen LogP contribution >= 0.6 is 11.3 Å².